The lowest BCUT2D eigenvalue weighted by atomic mass is 10.1. The summed E-state index contributed by atoms with van der Waals surface area (Å²) < 4.78 is 26.9. The van der Waals surface area contributed by atoms with E-state index in [4.69, 9.17) is 5.11 Å². The number of hydrogen-bond donors (Lipinski definition) is 2. The smallest absolute Gasteiger partial charge is 0.307 e. The van der Waals surface area contributed by atoms with Crippen LogP contribution in [0.25, 0.3) is 0 Å². The third-order valence-corrected chi connectivity index (χ3v) is 3.39. The first kappa shape index (κ1) is 14.3. The van der Waals surface area contributed by atoms with Crippen molar-refractivity contribution in [1.82, 2.24) is 5.32 Å². The van der Waals surface area contributed by atoms with E-state index < -0.39 is 33.7 Å². The topological polar surface area (TPSA) is 92.5 Å². The van der Waals surface area contributed by atoms with Crippen LogP contribution in [-0.2, 0) is 0 Å². The fourth-order valence-electron chi connectivity index (χ4n) is 1.78. The summed E-state index contributed by atoms with van der Waals surface area (Å²) in [6.07, 6.45) is 1.50. The number of nitro groups is 1. The second-order valence-corrected chi connectivity index (χ2v) is 4.88. The summed E-state index contributed by atoms with van der Waals surface area (Å²) >= 11 is 0. The van der Waals surface area contributed by atoms with E-state index in [2.05, 4.69) is 5.32 Å². The highest BCUT2D eigenvalue weighted by Gasteiger charge is 2.42. The van der Waals surface area contributed by atoms with Crippen molar-refractivity contribution in [2.45, 2.75) is 12.8 Å². The fourth-order valence-corrected chi connectivity index (χ4v) is 1.78. The van der Waals surface area contributed by atoms with Gasteiger partial charge in [0.05, 0.1) is 23.2 Å². The number of carbonyl (C=O) groups is 1. The SMILES string of the molecule is O=C(NCC1(CO)CC1)c1cc(F)c([N+](=O)[O-])cc1F. The number of rotatable bonds is 5. The van der Waals surface area contributed by atoms with Crippen LogP contribution in [0.15, 0.2) is 12.1 Å². The predicted octanol–water partition coefficient (Wildman–Crippen LogP) is 1.38. The number of benzene rings is 1. The van der Waals surface area contributed by atoms with Gasteiger partial charge in [-0.05, 0) is 18.9 Å². The van der Waals surface area contributed by atoms with Crippen LogP contribution in [0.4, 0.5) is 14.5 Å². The van der Waals surface area contributed by atoms with Crippen LogP contribution in [0.3, 0.4) is 0 Å². The van der Waals surface area contributed by atoms with E-state index in [9.17, 15) is 23.7 Å². The van der Waals surface area contributed by atoms with Crippen molar-refractivity contribution < 1.29 is 23.6 Å². The molecule has 1 fully saturated rings. The van der Waals surface area contributed by atoms with Crippen molar-refractivity contribution in [3.8, 4) is 0 Å². The Bertz CT molecular complexity index is 573. The van der Waals surface area contributed by atoms with Gasteiger partial charge in [0.15, 0.2) is 0 Å². The Kier molecular flexibility index (Phi) is 3.67. The first-order chi connectivity index (χ1) is 9.38. The maximum absolute atomic E-state index is 13.6. The van der Waals surface area contributed by atoms with Gasteiger partial charge in [0.1, 0.15) is 5.82 Å². The van der Waals surface area contributed by atoms with Crippen LogP contribution in [0.2, 0.25) is 0 Å². The van der Waals surface area contributed by atoms with Gasteiger partial charge in [-0.15, -0.1) is 0 Å². The lowest BCUT2D eigenvalue weighted by Gasteiger charge is -2.13. The summed E-state index contributed by atoms with van der Waals surface area (Å²) in [5.41, 5.74) is -1.99. The van der Waals surface area contributed by atoms with Crippen LogP contribution in [0.5, 0.6) is 0 Å². The summed E-state index contributed by atoms with van der Waals surface area (Å²) in [4.78, 5) is 21.1. The molecule has 0 unspecified atom stereocenters. The summed E-state index contributed by atoms with van der Waals surface area (Å²) in [6, 6.07) is 0.879. The molecule has 0 aromatic heterocycles. The lowest BCUT2D eigenvalue weighted by molar-refractivity contribution is -0.387. The first-order valence-corrected chi connectivity index (χ1v) is 5.91. The van der Waals surface area contributed by atoms with Gasteiger partial charge in [-0.3, -0.25) is 14.9 Å². The molecular weight excluding hydrogens is 274 g/mol. The zero-order chi connectivity index (χ0) is 14.9. The number of nitrogens with one attached hydrogen (secondary N) is 1. The molecule has 0 atom stereocenters. The Morgan fingerprint density at radius 3 is 2.55 bits per heavy atom. The summed E-state index contributed by atoms with van der Waals surface area (Å²) in [5.74, 6) is -3.30. The van der Waals surface area contributed by atoms with E-state index in [-0.39, 0.29) is 18.6 Å². The van der Waals surface area contributed by atoms with Crippen LogP contribution in [0, 0.1) is 27.2 Å². The number of amides is 1. The fraction of sp³-hybridized carbons (Fsp3) is 0.417. The highest BCUT2D eigenvalue weighted by Crippen LogP contribution is 2.44. The molecule has 2 N–H and O–H groups in total. The van der Waals surface area contributed by atoms with Gasteiger partial charge in [0, 0.05) is 12.0 Å². The second-order valence-electron chi connectivity index (χ2n) is 4.88. The average Bonchev–Trinajstić information content (AvgIpc) is 3.18. The number of nitro benzene ring substituents is 1. The Balaban J connectivity index is 2.14. The predicted molar refractivity (Wildman–Crippen MR) is 64.1 cm³/mol. The number of aliphatic hydroxyl groups is 1. The van der Waals surface area contributed by atoms with Crippen molar-refractivity contribution in [2.24, 2.45) is 5.41 Å². The van der Waals surface area contributed by atoms with Crippen molar-refractivity contribution in [3.63, 3.8) is 0 Å². The van der Waals surface area contributed by atoms with Gasteiger partial charge in [-0.1, -0.05) is 0 Å². The highest BCUT2D eigenvalue weighted by molar-refractivity contribution is 5.94. The molecule has 0 aliphatic heterocycles. The zero-order valence-electron chi connectivity index (χ0n) is 10.4. The molecule has 20 heavy (non-hydrogen) atoms. The summed E-state index contributed by atoms with van der Waals surface area (Å²) in [7, 11) is 0. The van der Waals surface area contributed by atoms with Gasteiger partial charge < -0.3 is 10.4 Å². The van der Waals surface area contributed by atoms with E-state index in [0.29, 0.717) is 12.1 Å². The van der Waals surface area contributed by atoms with E-state index in [1.807, 2.05) is 0 Å². The molecule has 1 aromatic carbocycles. The molecule has 8 heteroatoms. The van der Waals surface area contributed by atoms with Crippen molar-refractivity contribution >= 4 is 11.6 Å². The van der Waals surface area contributed by atoms with Crippen molar-refractivity contribution in [1.29, 1.82) is 0 Å². The Morgan fingerprint density at radius 2 is 2.05 bits per heavy atom. The van der Waals surface area contributed by atoms with Crippen LogP contribution in [-0.4, -0.2) is 29.1 Å². The van der Waals surface area contributed by atoms with Gasteiger partial charge in [0.25, 0.3) is 5.91 Å². The van der Waals surface area contributed by atoms with E-state index >= 15 is 0 Å². The molecule has 0 heterocycles. The van der Waals surface area contributed by atoms with Crippen LogP contribution < -0.4 is 5.32 Å². The number of hydrogen-bond acceptors (Lipinski definition) is 4. The molecule has 1 saturated carbocycles. The van der Waals surface area contributed by atoms with Gasteiger partial charge in [0.2, 0.25) is 5.82 Å². The van der Waals surface area contributed by atoms with E-state index in [0.717, 1.165) is 12.8 Å². The molecule has 0 radical (unpaired) electrons. The van der Waals surface area contributed by atoms with Gasteiger partial charge in [-0.25, -0.2) is 4.39 Å². The second kappa shape index (κ2) is 5.12. The van der Waals surface area contributed by atoms with Crippen molar-refractivity contribution in [3.05, 3.63) is 39.4 Å². The average molecular weight is 286 g/mol. The number of halogens is 2. The maximum atomic E-state index is 13.6. The number of aliphatic hydroxyl groups excluding tert-OH is 1. The van der Waals surface area contributed by atoms with Crippen molar-refractivity contribution in [2.75, 3.05) is 13.2 Å². The Morgan fingerprint density at radius 1 is 1.40 bits per heavy atom. The highest BCUT2D eigenvalue weighted by atomic mass is 19.1. The molecule has 1 aliphatic carbocycles. The molecule has 6 nitrogen and oxygen atoms in total. The van der Waals surface area contributed by atoms with E-state index in [1.165, 1.54) is 0 Å². The zero-order valence-corrected chi connectivity index (χ0v) is 10.4. The molecule has 1 amide bonds. The normalized spacial score (nSPS) is 15.8. The third kappa shape index (κ3) is 2.74. The molecule has 2 rings (SSSR count). The minimum atomic E-state index is -1.27. The lowest BCUT2D eigenvalue weighted by Crippen LogP contribution is -2.32. The van der Waals surface area contributed by atoms with Gasteiger partial charge in [-0.2, -0.15) is 4.39 Å². The molecular formula is C12H12F2N2O4. The number of nitrogens with zero attached hydrogens (tertiary/aromatic N) is 1. The third-order valence-electron chi connectivity index (χ3n) is 3.39. The largest absolute Gasteiger partial charge is 0.396 e. The molecule has 1 aliphatic rings. The molecule has 0 saturated heterocycles. The van der Waals surface area contributed by atoms with Crippen LogP contribution in [0.1, 0.15) is 23.2 Å². The van der Waals surface area contributed by atoms with Crippen LogP contribution >= 0.6 is 0 Å². The minimum Gasteiger partial charge on any atom is -0.396 e. The molecule has 1 aromatic rings. The molecule has 108 valence electrons. The molecule has 0 spiro atoms. The Labute approximate surface area is 112 Å². The standard InChI is InChI=1S/C12H12F2N2O4/c13-8-4-10(16(19)20)9(14)3-7(8)11(18)15-5-12(6-17)1-2-12/h3-4,17H,1-2,5-6H2,(H,15,18). The van der Waals surface area contributed by atoms with E-state index in [1.54, 1.807) is 0 Å². The summed E-state index contributed by atoms with van der Waals surface area (Å²) in [5, 5.41) is 21.9. The Hall–Kier alpha value is -2.09. The summed E-state index contributed by atoms with van der Waals surface area (Å²) in [6.45, 7) is 0.0603. The first-order valence-electron chi connectivity index (χ1n) is 5.91. The monoisotopic (exact) mass is 286 g/mol. The minimum absolute atomic E-state index is 0.0929. The molecule has 0 bridgehead atoms. The number of carbonyl (C=O) groups excluding carboxylic acids is 1. The quantitative estimate of drug-likeness (QED) is 0.631. The maximum Gasteiger partial charge on any atom is 0.307 e. The van der Waals surface area contributed by atoms with Gasteiger partial charge >= 0.3 is 5.69 Å².